The average Bonchev–Trinajstić information content (AvgIpc) is 2.81. The molecule has 1 aromatic heterocycles. The van der Waals surface area contributed by atoms with E-state index in [0.29, 0.717) is 6.42 Å². The Balaban J connectivity index is 2.16. The molecule has 1 aliphatic heterocycles. The summed E-state index contributed by atoms with van der Waals surface area (Å²) in [6.45, 7) is 7.82. The van der Waals surface area contributed by atoms with Gasteiger partial charge < -0.3 is 19.7 Å². The summed E-state index contributed by atoms with van der Waals surface area (Å²) < 4.78 is 11.5. The van der Waals surface area contributed by atoms with Crippen LogP contribution >= 0.6 is 0 Å². The molecule has 3 N–H and O–H groups in total. The molecular formula is C18H25N3O6. The van der Waals surface area contributed by atoms with Crippen molar-refractivity contribution in [1.29, 1.82) is 0 Å². The van der Waals surface area contributed by atoms with Gasteiger partial charge in [0.25, 0.3) is 0 Å². The maximum absolute atomic E-state index is 12.3. The average molecular weight is 379 g/mol. The Kier molecular flexibility index (Phi) is 6.26. The number of aromatic nitrogens is 2. The summed E-state index contributed by atoms with van der Waals surface area (Å²) in [6.07, 6.45) is 2.31. The van der Waals surface area contributed by atoms with Crippen molar-refractivity contribution >= 4 is 11.9 Å². The molecule has 27 heavy (non-hydrogen) atoms. The molecular weight excluding hydrogens is 354 g/mol. The van der Waals surface area contributed by atoms with Crippen LogP contribution in [0, 0.1) is 17.8 Å². The van der Waals surface area contributed by atoms with E-state index in [2.05, 4.69) is 16.2 Å². The third kappa shape index (κ3) is 5.07. The number of ether oxygens (including phenoxy) is 2. The van der Waals surface area contributed by atoms with Crippen molar-refractivity contribution in [3.05, 3.63) is 22.2 Å². The van der Waals surface area contributed by atoms with Crippen molar-refractivity contribution in [3.63, 3.8) is 0 Å². The van der Waals surface area contributed by atoms with Crippen molar-refractivity contribution in [2.24, 2.45) is 5.41 Å². The van der Waals surface area contributed by atoms with Gasteiger partial charge in [0.2, 0.25) is 0 Å². The summed E-state index contributed by atoms with van der Waals surface area (Å²) in [7, 11) is 0. The number of rotatable bonds is 4. The molecule has 0 aliphatic carbocycles. The molecule has 0 aromatic carbocycles. The maximum Gasteiger partial charge on any atom is 0.412 e. The van der Waals surface area contributed by atoms with Gasteiger partial charge in [-0.05, 0) is 18.8 Å². The molecule has 0 bridgehead atoms. The SMILES string of the molecule is C#Cc1cn([C@@H]2O[C@H](C)C(O)C2O)c(=O)nc1NC(=O)OCCC(C)(C)C. The highest BCUT2D eigenvalue weighted by Gasteiger charge is 2.42. The Labute approximate surface area is 157 Å². The van der Waals surface area contributed by atoms with Gasteiger partial charge >= 0.3 is 11.8 Å². The lowest BCUT2D eigenvalue weighted by atomic mass is 9.93. The summed E-state index contributed by atoms with van der Waals surface area (Å²) in [5, 5.41) is 22.2. The zero-order valence-electron chi connectivity index (χ0n) is 15.8. The van der Waals surface area contributed by atoms with Crippen LogP contribution in [-0.2, 0) is 9.47 Å². The summed E-state index contributed by atoms with van der Waals surface area (Å²) in [6, 6.07) is 0. The normalized spacial score (nSPS) is 25.1. The number of terminal acetylenes is 1. The first-order valence-electron chi connectivity index (χ1n) is 8.58. The number of amides is 1. The molecule has 0 radical (unpaired) electrons. The van der Waals surface area contributed by atoms with Gasteiger partial charge in [0.1, 0.15) is 12.2 Å². The number of aliphatic hydroxyl groups excluding tert-OH is 2. The molecule has 1 aliphatic rings. The van der Waals surface area contributed by atoms with Crippen LogP contribution in [0.1, 0.15) is 45.9 Å². The number of hydrogen-bond acceptors (Lipinski definition) is 7. The van der Waals surface area contributed by atoms with Crippen LogP contribution in [0.3, 0.4) is 0 Å². The van der Waals surface area contributed by atoms with Crippen LogP contribution in [0.4, 0.5) is 10.6 Å². The monoisotopic (exact) mass is 379 g/mol. The number of aliphatic hydroxyl groups is 2. The van der Waals surface area contributed by atoms with E-state index in [4.69, 9.17) is 15.9 Å². The van der Waals surface area contributed by atoms with Gasteiger partial charge in [0, 0.05) is 6.20 Å². The van der Waals surface area contributed by atoms with E-state index in [1.807, 2.05) is 20.8 Å². The first kappa shape index (κ1) is 20.9. The fourth-order valence-corrected chi connectivity index (χ4v) is 2.49. The summed E-state index contributed by atoms with van der Waals surface area (Å²) in [5.74, 6) is 2.19. The number of nitrogens with zero attached hydrogens (tertiary/aromatic N) is 2. The second-order valence-electron chi connectivity index (χ2n) is 7.62. The van der Waals surface area contributed by atoms with Crippen LogP contribution in [0.15, 0.2) is 11.0 Å². The van der Waals surface area contributed by atoms with E-state index in [1.54, 1.807) is 6.92 Å². The van der Waals surface area contributed by atoms with Crippen molar-refractivity contribution in [3.8, 4) is 12.3 Å². The van der Waals surface area contributed by atoms with Gasteiger partial charge in [-0.15, -0.1) is 6.42 Å². The van der Waals surface area contributed by atoms with Crippen molar-refractivity contribution in [2.45, 2.75) is 58.7 Å². The minimum atomic E-state index is -1.31. The Morgan fingerprint density at radius 3 is 2.63 bits per heavy atom. The minimum absolute atomic E-state index is 0.00675. The fourth-order valence-electron chi connectivity index (χ4n) is 2.49. The van der Waals surface area contributed by atoms with E-state index in [9.17, 15) is 19.8 Å². The zero-order chi connectivity index (χ0) is 20.4. The standard InChI is InChI=1S/C18H25N3O6/c1-6-11-9-21(15-13(23)12(22)10(2)27-15)16(24)19-14(11)20-17(25)26-8-7-18(3,4)5/h1,9-10,12-13,15,22-23H,7-8H2,2-5H3,(H,19,20,24,25)/t10-,12?,13?,15-/m1/s1. The first-order valence-corrected chi connectivity index (χ1v) is 8.58. The highest BCUT2D eigenvalue weighted by atomic mass is 16.6. The smallest absolute Gasteiger partial charge is 0.412 e. The summed E-state index contributed by atoms with van der Waals surface area (Å²) in [4.78, 5) is 28.0. The molecule has 2 unspecified atom stereocenters. The Morgan fingerprint density at radius 2 is 2.11 bits per heavy atom. The topological polar surface area (TPSA) is 123 Å². The lowest BCUT2D eigenvalue weighted by molar-refractivity contribution is -0.0350. The van der Waals surface area contributed by atoms with E-state index in [-0.39, 0.29) is 23.4 Å². The molecule has 1 fully saturated rings. The second kappa shape index (κ2) is 8.08. The second-order valence-corrected chi connectivity index (χ2v) is 7.62. The van der Waals surface area contributed by atoms with E-state index in [1.165, 1.54) is 6.20 Å². The lowest BCUT2D eigenvalue weighted by Gasteiger charge is -2.19. The molecule has 2 heterocycles. The van der Waals surface area contributed by atoms with Gasteiger partial charge in [-0.1, -0.05) is 26.7 Å². The largest absolute Gasteiger partial charge is 0.449 e. The van der Waals surface area contributed by atoms with Crippen LogP contribution in [0.2, 0.25) is 0 Å². The fraction of sp³-hybridized carbons (Fsp3) is 0.611. The molecule has 1 saturated heterocycles. The van der Waals surface area contributed by atoms with Crippen LogP contribution in [0.5, 0.6) is 0 Å². The van der Waals surface area contributed by atoms with Gasteiger partial charge in [-0.2, -0.15) is 4.98 Å². The number of anilines is 1. The highest BCUT2D eigenvalue weighted by molar-refractivity contribution is 5.84. The first-order chi connectivity index (χ1) is 12.5. The number of nitrogens with one attached hydrogen (secondary N) is 1. The van der Waals surface area contributed by atoms with Crippen LogP contribution < -0.4 is 11.0 Å². The molecule has 4 atom stereocenters. The summed E-state index contributed by atoms with van der Waals surface area (Å²) >= 11 is 0. The predicted molar refractivity (Wildman–Crippen MR) is 97.1 cm³/mol. The van der Waals surface area contributed by atoms with Gasteiger partial charge in [-0.3, -0.25) is 9.88 Å². The van der Waals surface area contributed by atoms with Crippen LogP contribution in [-0.4, -0.2) is 50.8 Å². The Bertz CT molecular complexity index is 792. The highest BCUT2D eigenvalue weighted by Crippen LogP contribution is 2.28. The molecule has 1 aromatic rings. The number of carbonyl (C=O) groups is 1. The Morgan fingerprint density at radius 1 is 1.44 bits per heavy atom. The molecule has 9 heteroatoms. The van der Waals surface area contributed by atoms with E-state index < -0.39 is 36.3 Å². The quantitative estimate of drug-likeness (QED) is 0.663. The van der Waals surface area contributed by atoms with E-state index in [0.717, 1.165) is 4.57 Å². The van der Waals surface area contributed by atoms with Crippen LogP contribution in [0.25, 0.3) is 0 Å². The Hall–Kier alpha value is -2.41. The molecule has 2 rings (SSSR count). The predicted octanol–water partition coefficient (Wildman–Crippen LogP) is 0.848. The third-order valence-corrected chi connectivity index (χ3v) is 4.16. The maximum atomic E-state index is 12.3. The summed E-state index contributed by atoms with van der Waals surface area (Å²) in [5.41, 5.74) is -0.691. The lowest BCUT2D eigenvalue weighted by Crippen LogP contribution is -2.36. The molecule has 1 amide bonds. The van der Waals surface area contributed by atoms with Crippen molar-refractivity contribution < 1.29 is 24.5 Å². The molecule has 0 saturated carbocycles. The van der Waals surface area contributed by atoms with E-state index >= 15 is 0 Å². The van der Waals surface area contributed by atoms with Gasteiger partial charge in [0.05, 0.1) is 18.3 Å². The number of carbonyl (C=O) groups excluding carboxylic acids is 1. The molecule has 9 nitrogen and oxygen atoms in total. The number of hydrogen-bond donors (Lipinski definition) is 3. The molecule has 0 spiro atoms. The van der Waals surface area contributed by atoms with Crippen molar-refractivity contribution in [2.75, 3.05) is 11.9 Å². The zero-order valence-corrected chi connectivity index (χ0v) is 15.8. The third-order valence-electron chi connectivity index (χ3n) is 4.16. The van der Waals surface area contributed by atoms with Gasteiger partial charge in [0.15, 0.2) is 12.0 Å². The van der Waals surface area contributed by atoms with Crippen molar-refractivity contribution in [1.82, 2.24) is 9.55 Å². The molecule has 148 valence electrons. The minimum Gasteiger partial charge on any atom is -0.449 e. The van der Waals surface area contributed by atoms with Gasteiger partial charge in [-0.25, -0.2) is 9.59 Å².